The molecule has 192 valence electrons. The molecule has 36 heavy (non-hydrogen) atoms. The van der Waals surface area contributed by atoms with Gasteiger partial charge in [-0.3, -0.25) is 14.9 Å². The van der Waals surface area contributed by atoms with Crippen LogP contribution in [0.3, 0.4) is 0 Å². The Balaban J connectivity index is 2.10. The molecule has 0 saturated carbocycles. The minimum atomic E-state index is -1.06. The van der Waals surface area contributed by atoms with Gasteiger partial charge in [-0.2, -0.15) is 0 Å². The lowest BCUT2D eigenvalue weighted by Gasteiger charge is -2.25. The van der Waals surface area contributed by atoms with Gasteiger partial charge in [0.15, 0.2) is 0 Å². The second-order valence-electron chi connectivity index (χ2n) is 8.83. The molecule has 0 spiro atoms. The Morgan fingerprint density at radius 1 is 1.08 bits per heavy atom. The topological polar surface area (TPSA) is 110 Å². The summed E-state index contributed by atoms with van der Waals surface area (Å²) < 4.78 is 10.3. The van der Waals surface area contributed by atoms with Crippen molar-refractivity contribution in [3.8, 4) is 0 Å². The highest BCUT2D eigenvalue weighted by molar-refractivity contribution is 6.31. The van der Waals surface area contributed by atoms with Crippen molar-refractivity contribution in [1.82, 2.24) is 15.6 Å². The number of ether oxygens (including phenoxy) is 2. The van der Waals surface area contributed by atoms with Crippen LogP contribution in [0.15, 0.2) is 48.5 Å². The first-order valence-corrected chi connectivity index (χ1v) is 12.3. The molecule has 3 rings (SSSR count). The number of carbonyl (C=O) groups is 3. The average molecular weight is 514 g/mol. The third-order valence-corrected chi connectivity index (χ3v) is 5.94. The smallest absolute Gasteiger partial charge is 0.355 e. The molecule has 1 aromatic heterocycles. The molecule has 1 heterocycles. The highest BCUT2D eigenvalue weighted by atomic mass is 35.5. The van der Waals surface area contributed by atoms with Gasteiger partial charge in [-0.05, 0) is 37.0 Å². The molecule has 2 unspecified atom stereocenters. The summed E-state index contributed by atoms with van der Waals surface area (Å²) in [7, 11) is 1.31. The van der Waals surface area contributed by atoms with Crippen LogP contribution in [0.4, 0.5) is 0 Å². The Morgan fingerprint density at radius 3 is 2.44 bits per heavy atom. The molecule has 0 radical (unpaired) electrons. The molecule has 3 N–H and O–H groups in total. The van der Waals surface area contributed by atoms with E-state index in [1.165, 1.54) is 7.11 Å². The molecular formula is C27H32ClN3O5. The number of amides is 1. The molecule has 8 nitrogen and oxygen atoms in total. The molecular weight excluding hydrogens is 482 g/mol. The molecule has 3 aromatic rings. The fourth-order valence-corrected chi connectivity index (χ4v) is 4.25. The highest BCUT2D eigenvalue weighted by Crippen LogP contribution is 2.32. The van der Waals surface area contributed by atoms with Crippen molar-refractivity contribution in [2.75, 3.05) is 13.7 Å². The van der Waals surface area contributed by atoms with Gasteiger partial charge in [0.2, 0.25) is 5.91 Å². The van der Waals surface area contributed by atoms with Crippen molar-refractivity contribution in [2.45, 2.75) is 45.8 Å². The number of methoxy groups -OCH3 is 1. The van der Waals surface area contributed by atoms with Gasteiger partial charge in [0, 0.05) is 28.0 Å². The maximum absolute atomic E-state index is 13.7. The number of aromatic amines is 1. The van der Waals surface area contributed by atoms with E-state index in [4.69, 9.17) is 21.1 Å². The summed E-state index contributed by atoms with van der Waals surface area (Å²) in [5.41, 5.74) is 1.98. The minimum absolute atomic E-state index is 0.120. The maximum Gasteiger partial charge on any atom is 0.355 e. The largest absolute Gasteiger partial charge is 0.468 e. The van der Waals surface area contributed by atoms with Gasteiger partial charge >= 0.3 is 11.9 Å². The minimum Gasteiger partial charge on any atom is -0.468 e. The molecule has 0 aliphatic rings. The van der Waals surface area contributed by atoms with Crippen LogP contribution in [-0.2, 0) is 25.6 Å². The van der Waals surface area contributed by atoms with E-state index in [0.717, 1.165) is 5.56 Å². The summed E-state index contributed by atoms with van der Waals surface area (Å²) in [5, 5.41) is 7.19. The van der Waals surface area contributed by atoms with E-state index in [0.29, 0.717) is 27.9 Å². The van der Waals surface area contributed by atoms with Crippen LogP contribution in [-0.4, -0.2) is 42.6 Å². The molecule has 2 atom stereocenters. The van der Waals surface area contributed by atoms with Gasteiger partial charge in [0.05, 0.1) is 13.7 Å². The van der Waals surface area contributed by atoms with Crippen molar-refractivity contribution < 1.29 is 23.9 Å². The van der Waals surface area contributed by atoms with E-state index >= 15 is 0 Å². The van der Waals surface area contributed by atoms with Crippen LogP contribution in [0.5, 0.6) is 0 Å². The van der Waals surface area contributed by atoms with Crippen LogP contribution in [0, 0.1) is 5.92 Å². The molecule has 0 bridgehead atoms. The van der Waals surface area contributed by atoms with E-state index in [-0.39, 0.29) is 24.8 Å². The number of benzene rings is 2. The number of rotatable bonds is 11. The Bertz CT molecular complexity index is 1210. The lowest BCUT2D eigenvalue weighted by molar-refractivity contribution is -0.144. The molecule has 2 aromatic carbocycles. The normalized spacial score (nSPS) is 12.8. The summed E-state index contributed by atoms with van der Waals surface area (Å²) >= 11 is 6.19. The van der Waals surface area contributed by atoms with Crippen LogP contribution < -0.4 is 10.6 Å². The number of carbonyl (C=O) groups excluding carboxylic acids is 3. The second kappa shape index (κ2) is 12.6. The monoisotopic (exact) mass is 513 g/mol. The number of hydrogen-bond acceptors (Lipinski definition) is 6. The fourth-order valence-electron chi connectivity index (χ4n) is 4.08. The number of aromatic nitrogens is 1. The third-order valence-electron chi connectivity index (χ3n) is 5.70. The first kappa shape index (κ1) is 27.2. The number of H-pyrrole nitrogens is 1. The van der Waals surface area contributed by atoms with Gasteiger partial charge in [0.1, 0.15) is 17.8 Å². The molecule has 0 aliphatic heterocycles. The van der Waals surface area contributed by atoms with Crippen molar-refractivity contribution in [2.24, 2.45) is 5.92 Å². The molecule has 0 aliphatic carbocycles. The van der Waals surface area contributed by atoms with Crippen LogP contribution in [0.1, 0.15) is 54.8 Å². The fraction of sp³-hybridized carbons (Fsp3) is 0.370. The Morgan fingerprint density at radius 2 is 1.81 bits per heavy atom. The first-order chi connectivity index (χ1) is 17.2. The summed E-state index contributed by atoms with van der Waals surface area (Å²) in [4.78, 5) is 42.3. The van der Waals surface area contributed by atoms with Crippen molar-refractivity contribution >= 4 is 40.3 Å². The maximum atomic E-state index is 13.7. The van der Waals surface area contributed by atoms with Crippen molar-refractivity contribution in [3.63, 3.8) is 0 Å². The highest BCUT2D eigenvalue weighted by Gasteiger charge is 2.34. The van der Waals surface area contributed by atoms with E-state index in [9.17, 15) is 14.4 Å². The standard InChI is InChI=1S/C27H32ClN3O5/c1-5-36-27(34)24-22(19-12-11-18(28)14-20(19)30-24)23(31-21(13-16(2)3)26(33)35-4)25(32)29-15-17-9-7-6-8-10-17/h6-12,14,16,21,23,30-31H,5,13,15H2,1-4H3,(H,29,32). The summed E-state index contributed by atoms with van der Waals surface area (Å²) in [6, 6.07) is 12.7. The molecule has 9 heteroatoms. The van der Waals surface area contributed by atoms with E-state index in [1.807, 2.05) is 44.2 Å². The lowest BCUT2D eigenvalue weighted by atomic mass is 9.97. The van der Waals surface area contributed by atoms with Crippen molar-refractivity contribution in [1.29, 1.82) is 0 Å². The first-order valence-electron chi connectivity index (χ1n) is 11.9. The molecule has 1 amide bonds. The average Bonchev–Trinajstić information content (AvgIpc) is 3.23. The lowest BCUT2D eigenvalue weighted by Crippen LogP contribution is -2.46. The summed E-state index contributed by atoms with van der Waals surface area (Å²) in [5.74, 6) is -1.37. The number of fused-ring (bicyclic) bond motifs is 1. The zero-order chi connectivity index (χ0) is 26.2. The van der Waals surface area contributed by atoms with Gasteiger partial charge in [-0.15, -0.1) is 0 Å². The van der Waals surface area contributed by atoms with Gasteiger partial charge < -0.3 is 19.8 Å². The number of esters is 2. The van der Waals surface area contributed by atoms with Crippen LogP contribution >= 0.6 is 11.6 Å². The number of nitrogens with one attached hydrogen (secondary N) is 3. The molecule has 0 saturated heterocycles. The predicted octanol–water partition coefficient (Wildman–Crippen LogP) is 4.53. The summed E-state index contributed by atoms with van der Waals surface area (Å²) in [6.45, 7) is 6.08. The van der Waals surface area contributed by atoms with E-state index in [1.54, 1.807) is 25.1 Å². The van der Waals surface area contributed by atoms with E-state index < -0.39 is 29.9 Å². The SMILES string of the molecule is CCOC(=O)c1[nH]c2cc(Cl)ccc2c1C(NC(CC(C)C)C(=O)OC)C(=O)NCc1ccccc1. The predicted molar refractivity (Wildman–Crippen MR) is 139 cm³/mol. The van der Waals surface area contributed by atoms with Gasteiger partial charge in [-0.25, -0.2) is 4.79 Å². The second-order valence-corrected chi connectivity index (χ2v) is 9.27. The zero-order valence-corrected chi connectivity index (χ0v) is 21.6. The van der Waals surface area contributed by atoms with Gasteiger partial charge in [-0.1, -0.05) is 61.8 Å². The number of hydrogen-bond donors (Lipinski definition) is 3. The zero-order valence-electron chi connectivity index (χ0n) is 20.9. The van der Waals surface area contributed by atoms with Crippen LogP contribution in [0.25, 0.3) is 10.9 Å². The Labute approximate surface area is 215 Å². The molecule has 0 fully saturated rings. The van der Waals surface area contributed by atoms with Crippen LogP contribution in [0.2, 0.25) is 5.02 Å². The Kier molecular flexibility index (Phi) is 9.50. The Hall–Kier alpha value is -3.36. The summed E-state index contributed by atoms with van der Waals surface area (Å²) in [6.07, 6.45) is 0.429. The third kappa shape index (κ3) is 6.65. The van der Waals surface area contributed by atoms with Gasteiger partial charge in [0.25, 0.3) is 0 Å². The van der Waals surface area contributed by atoms with Crippen molar-refractivity contribution in [3.05, 3.63) is 70.4 Å². The van der Waals surface area contributed by atoms with E-state index in [2.05, 4.69) is 15.6 Å². The number of halogens is 1. The quantitative estimate of drug-likeness (QED) is 0.325.